The van der Waals surface area contributed by atoms with E-state index in [1.807, 2.05) is 0 Å². The topological polar surface area (TPSA) is 55.1 Å². The van der Waals surface area contributed by atoms with Crippen molar-refractivity contribution in [2.24, 2.45) is 5.92 Å². The van der Waals surface area contributed by atoms with Crippen molar-refractivity contribution in [1.82, 2.24) is 5.32 Å². The summed E-state index contributed by atoms with van der Waals surface area (Å²) in [6.07, 6.45) is 0. The van der Waals surface area contributed by atoms with Gasteiger partial charge in [0.2, 0.25) is 5.91 Å². The van der Waals surface area contributed by atoms with Crippen molar-refractivity contribution >= 4 is 11.6 Å². The highest BCUT2D eigenvalue weighted by Gasteiger charge is 2.12. The van der Waals surface area contributed by atoms with Gasteiger partial charge in [-0.3, -0.25) is 4.79 Å². The molecular formula is C11H14F2N2O. The molecule has 5 heteroatoms. The fourth-order valence-corrected chi connectivity index (χ4v) is 1.14. The maximum absolute atomic E-state index is 13.4. The van der Waals surface area contributed by atoms with Crippen LogP contribution in [0.25, 0.3) is 0 Å². The third kappa shape index (κ3) is 2.68. The van der Waals surface area contributed by atoms with Crippen LogP contribution in [0.4, 0.5) is 14.5 Å². The quantitative estimate of drug-likeness (QED) is 0.775. The molecule has 1 amide bonds. The number of benzene rings is 1. The van der Waals surface area contributed by atoms with Gasteiger partial charge >= 0.3 is 0 Å². The number of hydrogen-bond donors (Lipinski definition) is 2. The van der Waals surface area contributed by atoms with Gasteiger partial charge in [-0.2, -0.15) is 0 Å². The summed E-state index contributed by atoms with van der Waals surface area (Å²) in [7, 11) is 0. The lowest BCUT2D eigenvalue weighted by atomic mass is 10.1. The average molecular weight is 228 g/mol. The van der Waals surface area contributed by atoms with E-state index in [2.05, 4.69) is 5.32 Å². The normalized spacial score (nSPS) is 10.6. The van der Waals surface area contributed by atoms with E-state index < -0.39 is 17.3 Å². The van der Waals surface area contributed by atoms with Crippen LogP contribution in [-0.2, 0) is 11.3 Å². The van der Waals surface area contributed by atoms with E-state index >= 15 is 0 Å². The van der Waals surface area contributed by atoms with Crippen molar-refractivity contribution in [2.45, 2.75) is 20.4 Å². The van der Waals surface area contributed by atoms with Gasteiger partial charge in [-0.1, -0.05) is 19.9 Å². The second kappa shape index (κ2) is 4.92. The summed E-state index contributed by atoms with van der Waals surface area (Å²) in [5.74, 6) is -1.98. The van der Waals surface area contributed by atoms with Crippen LogP contribution in [0.3, 0.4) is 0 Å². The molecule has 1 aromatic carbocycles. The molecule has 0 unspecified atom stereocenters. The summed E-state index contributed by atoms with van der Waals surface area (Å²) < 4.78 is 26.2. The fourth-order valence-electron chi connectivity index (χ4n) is 1.14. The number of nitrogens with two attached hydrogens (primary N) is 1. The molecule has 0 saturated heterocycles. The predicted octanol–water partition coefficient (Wildman–Crippen LogP) is 1.82. The molecule has 0 aliphatic carbocycles. The molecule has 0 atom stereocenters. The van der Waals surface area contributed by atoms with Crippen molar-refractivity contribution in [3.63, 3.8) is 0 Å². The molecule has 0 radical (unpaired) electrons. The number of anilines is 1. The summed E-state index contributed by atoms with van der Waals surface area (Å²) in [6, 6.07) is 2.34. The molecule has 0 aliphatic rings. The van der Waals surface area contributed by atoms with Crippen molar-refractivity contribution in [3.8, 4) is 0 Å². The Kier molecular flexibility index (Phi) is 3.82. The van der Waals surface area contributed by atoms with Gasteiger partial charge < -0.3 is 11.1 Å². The molecule has 0 saturated carbocycles. The Hall–Kier alpha value is -1.65. The Morgan fingerprint density at radius 3 is 2.62 bits per heavy atom. The number of amides is 1. The molecule has 1 aromatic rings. The molecule has 0 heterocycles. The average Bonchev–Trinajstić information content (AvgIpc) is 2.24. The summed E-state index contributed by atoms with van der Waals surface area (Å²) in [6.45, 7) is 3.46. The predicted molar refractivity (Wildman–Crippen MR) is 57.5 cm³/mol. The Morgan fingerprint density at radius 2 is 2.06 bits per heavy atom. The Bertz CT molecular complexity index is 405. The van der Waals surface area contributed by atoms with Crippen LogP contribution < -0.4 is 11.1 Å². The van der Waals surface area contributed by atoms with E-state index in [1.165, 1.54) is 6.07 Å². The summed E-state index contributed by atoms with van der Waals surface area (Å²) in [5, 5.41) is 2.53. The number of nitrogens with one attached hydrogen (secondary N) is 1. The molecule has 3 N–H and O–H groups in total. The van der Waals surface area contributed by atoms with Gasteiger partial charge in [0.1, 0.15) is 11.5 Å². The van der Waals surface area contributed by atoms with Crippen LogP contribution in [0.1, 0.15) is 19.4 Å². The highest BCUT2D eigenvalue weighted by atomic mass is 19.1. The molecule has 0 spiro atoms. The zero-order valence-corrected chi connectivity index (χ0v) is 9.18. The molecule has 0 aliphatic heterocycles. The van der Waals surface area contributed by atoms with E-state index in [9.17, 15) is 13.6 Å². The molecular weight excluding hydrogens is 214 g/mol. The molecule has 0 fully saturated rings. The second-order valence-corrected chi connectivity index (χ2v) is 3.81. The minimum absolute atomic E-state index is 0.00727. The van der Waals surface area contributed by atoms with Gasteiger partial charge in [-0.25, -0.2) is 8.78 Å². The van der Waals surface area contributed by atoms with Crippen LogP contribution in [0, 0.1) is 17.6 Å². The lowest BCUT2D eigenvalue weighted by molar-refractivity contribution is -0.124. The maximum Gasteiger partial charge on any atom is 0.222 e. The Balaban J connectivity index is 2.76. The molecule has 16 heavy (non-hydrogen) atoms. The zero-order chi connectivity index (χ0) is 12.3. The van der Waals surface area contributed by atoms with Crippen molar-refractivity contribution < 1.29 is 13.6 Å². The van der Waals surface area contributed by atoms with Gasteiger partial charge in [0.05, 0.1) is 0 Å². The van der Waals surface area contributed by atoms with Crippen LogP contribution in [0.2, 0.25) is 0 Å². The molecule has 0 bridgehead atoms. The molecule has 88 valence electrons. The summed E-state index contributed by atoms with van der Waals surface area (Å²) in [5.41, 5.74) is 4.84. The van der Waals surface area contributed by atoms with Crippen LogP contribution >= 0.6 is 0 Å². The van der Waals surface area contributed by atoms with E-state index in [0.29, 0.717) is 0 Å². The largest absolute Gasteiger partial charge is 0.394 e. The first-order valence-corrected chi connectivity index (χ1v) is 4.93. The summed E-state index contributed by atoms with van der Waals surface area (Å²) in [4.78, 5) is 11.2. The zero-order valence-electron chi connectivity index (χ0n) is 9.18. The molecule has 3 nitrogen and oxygen atoms in total. The second-order valence-electron chi connectivity index (χ2n) is 3.81. The highest BCUT2D eigenvalue weighted by Crippen LogP contribution is 2.18. The minimum Gasteiger partial charge on any atom is -0.394 e. The summed E-state index contributed by atoms with van der Waals surface area (Å²) >= 11 is 0. The van der Waals surface area contributed by atoms with Gasteiger partial charge in [0, 0.05) is 18.0 Å². The first-order chi connectivity index (χ1) is 7.43. The number of carbonyl (C=O) groups is 1. The SMILES string of the molecule is CC(C)C(=O)NCc1ccc(F)c(N)c1F. The van der Waals surface area contributed by atoms with E-state index in [4.69, 9.17) is 5.73 Å². The monoisotopic (exact) mass is 228 g/mol. The van der Waals surface area contributed by atoms with Crippen LogP contribution in [0.5, 0.6) is 0 Å². The fraction of sp³-hybridized carbons (Fsp3) is 0.364. The Labute approximate surface area is 92.6 Å². The lowest BCUT2D eigenvalue weighted by Crippen LogP contribution is -2.27. The number of hydrogen-bond acceptors (Lipinski definition) is 2. The van der Waals surface area contributed by atoms with Gasteiger partial charge in [-0.05, 0) is 6.07 Å². The number of halogens is 2. The molecule has 0 aromatic heterocycles. The van der Waals surface area contributed by atoms with E-state index in [-0.39, 0.29) is 23.9 Å². The standard InChI is InChI=1S/C11H14F2N2O/c1-6(2)11(16)15-5-7-3-4-8(12)10(14)9(7)13/h3-4,6H,5,14H2,1-2H3,(H,15,16). The smallest absolute Gasteiger partial charge is 0.222 e. The molecule has 1 rings (SSSR count). The third-order valence-electron chi connectivity index (χ3n) is 2.18. The van der Waals surface area contributed by atoms with Crippen LogP contribution in [0.15, 0.2) is 12.1 Å². The first-order valence-electron chi connectivity index (χ1n) is 4.93. The van der Waals surface area contributed by atoms with Crippen molar-refractivity contribution in [3.05, 3.63) is 29.3 Å². The lowest BCUT2D eigenvalue weighted by Gasteiger charge is -2.09. The number of rotatable bonds is 3. The van der Waals surface area contributed by atoms with Crippen LogP contribution in [-0.4, -0.2) is 5.91 Å². The minimum atomic E-state index is -0.816. The van der Waals surface area contributed by atoms with Crippen molar-refractivity contribution in [2.75, 3.05) is 5.73 Å². The van der Waals surface area contributed by atoms with Gasteiger partial charge in [-0.15, -0.1) is 0 Å². The van der Waals surface area contributed by atoms with Crippen molar-refractivity contribution in [1.29, 1.82) is 0 Å². The maximum atomic E-state index is 13.4. The third-order valence-corrected chi connectivity index (χ3v) is 2.18. The van der Waals surface area contributed by atoms with E-state index in [1.54, 1.807) is 13.8 Å². The van der Waals surface area contributed by atoms with Gasteiger partial charge in [0.25, 0.3) is 0 Å². The van der Waals surface area contributed by atoms with E-state index in [0.717, 1.165) is 6.07 Å². The first kappa shape index (κ1) is 12.4. The Morgan fingerprint density at radius 1 is 1.44 bits per heavy atom. The number of nitrogen functional groups attached to an aromatic ring is 1. The number of carbonyl (C=O) groups excluding carboxylic acids is 1. The van der Waals surface area contributed by atoms with Gasteiger partial charge in [0.15, 0.2) is 5.82 Å². The highest BCUT2D eigenvalue weighted by molar-refractivity contribution is 5.77.